The van der Waals surface area contributed by atoms with Crippen molar-refractivity contribution in [1.82, 2.24) is 4.90 Å². The number of rotatable bonds is 8. The second kappa shape index (κ2) is 7.73. The molecule has 1 atom stereocenters. The molecule has 0 aromatic carbocycles. The maximum atomic E-state index is 10.7. The molecular formula is C9H21N3O2. The lowest BCUT2D eigenvalue weighted by Crippen LogP contribution is -2.42. The lowest BCUT2D eigenvalue weighted by Gasteiger charge is -2.24. The number of nitrogens with two attached hydrogens (primary N) is 2. The average molecular weight is 203 g/mol. The summed E-state index contributed by atoms with van der Waals surface area (Å²) in [4.78, 5) is 12.6. The molecule has 0 bridgehead atoms. The van der Waals surface area contributed by atoms with Crippen molar-refractivity contribution in [3.8, 4) is 0 Å². The lowest BCUT2D eigenvalue weighted by atomic mass is 10.3. The Morgan fingerprint density at radius 1 is 1.50 bits per heavy atom. The number of ether oxygens (including phenoxy) is 1. The third kappa shape index (κ3) is 5.90. The Morgan fingerprint density at radius 3 is 2.50 bits per heavy atom. The van der Waals surface area contributed by atoms with E-state index in [2.05, 4.69) is 0 Å². The fraction of sp³-hybridized carbons (Fsp3) is 0.889. The maximum absolute atomic E-state index is 10.7. The summed E-state index contributed by atoms with van der Waals surface area (Å²) in [5.74, 6) is -0.320. The van der Waals surface area contributed by atoms with Crippen LogP contribution in [0.25, 0.3) is 0 Å². The average Bonchev–Trinajstić information content (AvgIpc) is 2.15. The highest BCUT2D eigenvalue weighted by Crippen LogP contribution is 1.95. The van der Waals surface area contributed by atoms with E-state index in [4.69, 9.17) is 16.2 Å². The number of likely N-dealkylation sites (N-methyl/N-ethyl adjacent to an activating group) is 1. The van der Waals surface area contributed by atoms with Gasteiger partial charge in [0.2, 0.25) is 5.91 Å². The third-order valence-electron chi connectivity index (χ3n) is 1.95. The van der Waals surface area contributed by atoms with Crippen LogP contribution in [0.3, 0.4) is 0 Å². The summed E-state index contributed by atoms with van der Waals surface area (Å²) in [6.45, 7) is 6.69. The van der Waals surface area contributed by atoms with Crippen LogP contribution in [0.1, 0.15) is 13.8 Å². The van der Waals surface area contributed by atoms with Gasteiger partial charge in [-0.25, -0.2) is 0 Å². The smallest absolute Gasteiger partial charge is 0.231 e. The van der Waals surface area contributed by atoms with E-state index >= 15 is 0 Å². The van der Waals surface area contributed by atoms with E-state index in [1.807, 2.05) is 18.7 Å². The minimum absolute atomic E-state index is 0.0145. The first kappa shape index (κ1) is 13.4. The second-order valence-electron chi connectivity index (χ2n) is 3.11. The van der Waals surface area contributed by atoms with E-state index in [1.165, 1.54) is 0 Å². The quantitative estimate of drug-likeness (QED) is 0.539. The summed E-state index contributed by atoms with van der Waals surface area (Å²) in [5.41, 5.74) is 10.6. The summed E-state index contributed by atoms with van der Waals surface area (Å²) in [6, 6.07) is 0. The molecule has 0 aliphatic carbocycles. The molecule has 0 rings (SSSR count). The number of carbonyl (C=O) groups is 1. The summed E-state index contributed by atoms with van der Waals surface area (Å²) in [7, 11) is 0. The zero-order valence-electron chi connectivity index (χ0n) is 9.03. The highest BCUT2D eigenvalue weighted by Gasteiger charge is 2.12. The van der Waals surface area contributed by atoms with Crippen molar-refractivity contribution < 1.29 is 9.53 Å². The fourth-order valence-corrected chi connectivity index (χ4v) is 1.24. The van der Waals surface area contributed by atoms with Gasteiger partial charge in [0.25, 0.3) is 0 Å². The van der Waals surface area contributed by atoms with Gasteiger partial charge in [-0.1, -0.05) is 6.92 Å². The summed E-state index contributed by atoms with van der Waals surface area (Å²) >= 11 is 0. The SMILES string of the molecule is CCOC(CN)CN(CC)CC(N)=O. The molecule has 0 heterocycles. The van der Waals surface area contributed by atoms with E-state index in [0.29, 0.717) is 19.7 Å². The van der Waals surface area contributed by atoms with E-state index in [-0.39, 0.29) is 18.6 Å². The predicted octanol–water partition coefficient (Wildman–Crippen LogP) is -0.843. The Labute approximate surface area is 85.4 Å². The zero-order chi connectivity index (χ0) is 11.0. The Balaban J connectivity index is 3.93. The summed E-state index contributed by atoms with van der Waals surface area (Å²) in [5, 5.41) is 0. The first-order valence-electron chi connectivity index (χ1n) is 4.96. The number of amides is 1. The number of nitrogens with zero attached hydrogens (tertiary/aromatic N) is 1. The van der Waals surface area contributed by atoms with E-state index in [1.54, 1.807) is 0 Å². The molecular weight excluding hydrogens is 182 g/mol. The van der Waals surface area contributed by atoms with Gasteiger partial charge in [0.05, 0.1) is 12.6 Å². The van der Waals surface area contributed by atoms with Crippen LogP contribution in [0, 0.1) is 0 Å². The normalized spacial score (nSPS) is 13.1. The molecule has 0 radical (unpaired) electrons. The molecule has 84 valence electrons. The topological polar surface area (TPSA) is 81.6 Å². The lowest BCUT2D eigenvalue weighted by molar-refractivity contribution is -0.119. The van der Waals surface area contributed by atoms with Crippen LogP contribution >= 0.6 is 0 Å². The maximum Gasteiger partial charge on any atom is 0.231 e. The van der Waals surface area contributed by atoms with Crippen LogP contribution in [0.5, 0.6) is 0 Å². The van der Waals surface area contributed by atoms with E-state index < -0.39 is 0 Å². The van der Waals surface area contributed by atoms with Gasteiger partial charge in [0, 0.05) is 19.7 Å². The van der Waals surface area contributed by atoms with Gasteiger partial charge in [-0.05, 0) is 13.5 Å². The molecule has 0 aromatic heterocycles. The van der Waals surface area contributed by atoms with Crippen molar-refractivity contribution in [2.45, 2.75) is 20.0 Å². The van der Waals surface area contributed by atoms with Gasteiger partial charge in [-0.15, -0.1) is 0 Å². The van der Waals surface area contributed by atoms with Crippen LogP contribution in [0.4, 0.5) is 0 Å². The molecule has 14 heavy (non-hydrogen) atoms. The molecule has 0 aliphatic heterocycles. The molecule has 4 N–H and O–H groups in total. The molecule has 5 heteroatoms. The molecule has 0 aliphatic rings. The van der Waals surface area contributed by atoms with Gasteiger partial charge in [-0.3, -0.25) is 9.69 Å². The van der Waals surface area contributed by atoms with Gasteiger partial charge in [0.15, 0.2) is 0 Å². The first-order chi connectivity index (χ1) is 6.63. The number of hydrogen-bond acceptors (Lipinski definition) is 4. The van der Waals surface area contributed by atoms with Crippen LogP contribution in [0.2, 0.25) is 0 Å². The monoisotopic (exact) mass is 203 g/mol. The minimum atomic E-state index is -0.320. The third-order valence-corrected chi connectivity index (χ3v) is 1.95. The Hall–Kier alpha value is -0.650. The standard InChI is InChI=1S/C9H21N3O2/c1-3-12(7-9(11)13)6-8(5-10)14-4-2/h8H,3-7,10H2,1-2H3,(H2,11,13). The molecule has 1 amide bonds. The van der Waals surface area contributed by atoms with Crippen molar-refractivity contribution in [3.05, 3.63) is 0 Å². The predicted molar refractivity (Wildman–Crippen MR) is 55.8 cm³/mol. The Bertz CT molecular complexity index is 164. The van der Waals surface area contributed by atoms with Crippen molar-refractivity contribution in [2.75, 3.05) is 32.8 Å². The van der Waals surface area contributed by atoms with Gasteiger partial charge in [0.1, 0.15) is 0 Å². The highest BCUT2D eigenvalue weighted by atomic mass is 16.5. The summed E-state index contributed by atoms with van der Waals surface area (Å²) < 4.78 is 5.39. The minimum Gasteiger partial charge on any atom is -0.376 e. The van der Waals surface area contributed by atoms with Crippen molar-refractivity contribution in [2.24, 2.45) is 11.5 Å². The van der Waals surface area contributed by atoms with Crippen LogP contribution in [0.15, 0.2) is 0 Å². The molecule has 0 aromatic rings. The first-order valence-corrected chi connectivity index (χ1v) is 4.96. The van der Waals surface area contributed by atoms with Gasteiger partial charge in [-0.2, -0.15) is 0 Å². The van der Waals surface area contributed by atoms with Gasteiger partial charge < -0.3 is 16.2 Å². The van der Waals surface area contributed by atoms with Crippen molar-refractivity contribution in [1.29, 1.82) is 0 Å². The number of primary amides is 1. The highest BCUT2D eigenvalue weighted by molar-refractivity contribution is 5.75. The Morgan fingerprint density at radius 2 is 2.14 bits per heavy atom. The number of carbonyl (C=O) groups excluding carboxylic acids is 1. The second-order valence-corrected chi connectivity index (χ2v) is 3.11. The van der Waals surface area contributed by atoms with Crippen LogP contribution < -0.4 is 11.5 Å². The Kier molecular flexibility index (Phi) is 7.37. The van der Waals surface area contributed by atoms with Crippen molar-refractivity contribution >= 4 is 5.91 Å². The van der Waals surface area contributed by atoms with Gasteiger partial charge >= 0.3 is 0 Å². The molecule has 5 nitrogen and oxygen atoms in total. The number of hydrogen-bond donors (Lipinski definition) is 2. The molecule has 0 saturated carbocycles. The van der Waals surface area contributed by atoms with E-state index in [0.717, 1.165) is 6.54 Å². The van der Waals surface area contributed by atoms with Crippen molar-refractivity contribution in [3.63, 3.8) is 0 Å². The largest absolute Gasteiger partial charge is 0.376 e. The zero-order valence-corrected chi connectivity index (χ0v) is 9.03. The fourth-order valence-electron chi connectivity index (χ4n) is 1.24. The summed E-state index contributed by atoms with van der Waals surface area (Å²) in [6.07, 6.45) is -0.0145. The van der Waals surface area contributed by atoms with E-state index in [9.17, 15) is 4.79 Å². The molecule has 0 spiro atoms. The molecule has 0 fully saturated rings. The van der Waals surface area contributed by atoms with Crippen LogP contribution in [-0.2, 0) is 9.53 Å². The van der Waals surface area contributed by atoms with Crippen LogP contribution in [-0.4, -0.2) is 49.7 Å². The molecule has 0 saturated heterocycles. The molecule has 1 unspecified atom stereocenters.